The molecule has 1 aromatic heterocycles. The quantitative estimate of drug-likeness (QED) is 0.733. The van der Waals surface area contributed by atoms with Gasteiger partial charge in [-0.2, -0.15) is 0 Å². The maximum atomic E-state index is 13.4. The van der Waals surface area contributed by atoms with Crippen LogP contribution in [0.15, 0.2) is 29.6 Å². The predicted octanol–water partition coefficient (Wildman–Crippen LogP) is 3.20. The molecule has 1 aliphatic rings. The second-order valence-electron chi connectivity index (χ2n) is 7.60. The Kier molecular flexibility index (Phi) is 5.98. The Balaban J connectivity index is 2.06. The lowest BCUT2D eigenvalue weighted by molar-refractivity contribution is -0.127. The van der Waals surface area contributed by atoms with E-state index in [1.54, 1.807) is 23.5 Å². The van der Waals surface area contributed by atoms with Crippen molar-refractivity contribution < 1.29 is 14.3 Å². The summed E-state index contributed by atoms with van der Waals surface area (Å²) in [5.74, 6) is 0.0724. The van der Waals surface area contributed by atoms with Crippen LogP contribution >= 0.6 is 11.5 Å². The van der Waals surface area contributed by atoms with E-state index in [0.29, 0.717) is 11.3 Å². The molecule has 0 radical (unpaired) electrons. The molecule has 1 atom stereocenters. The molecule has 2 aromatic rings. The summed E-state index contributed by atoms with van der Waals surface area (Å²) < 4.78 is 9.32. The van der Waals surface area contributed by atoms with Crippen LogP contribution in [0.3, 0.4) is 0 Å². The normalized spacial score (nSPS) is 15.0. The Hall–Kier alpha value is -2.48. The summed E-state index contributed by atoms with van der Waals surface area (Å²) in [6, 6.07) is 6.54. The lowest BCUT2D eigenvalue weighted by Crippen LogP contribution is -2.51. The van der Waals surface area contributed by atoms with Crippen molar-refractivity contribution in [3.8, 4) is 5.75 Å². The van der Waals surface area contributed by atoms with E-state index in [9.17, 15) is 9.59 Å². The minimum absolute atomic E-state index is 0.000369. The number of aromatic nitrogens is 2. The van der Waals surface area contributed by atoms with Crippen molar-refractivity contribution in [2.24, 2.45) is 0 Å². The molecule has 1 heterocycles. The first kappa shape index (κ1) is 20.3. The Morgan fingerprint density at radius 3 is 2.64 bits per heavy atom. The summed E-state index contributed by atoms with van der Waals surface area (Å²) in [5, 5.41) is 8.64. The Morgan fingerprint density at radius 2 is 2.07 bits per heavy atom. The van der Waals surface area contributed by atoms with Gasteiger partial charge in [0.2, 0.25) is 5.91 Å². The molecular formula is C20H26N4O3S. The number of nitrogens with one attached hydrogen (secondary N) is 1. The van der Waals surface area contributed by atoms with Gasteiger partial charge in [-0.25, -0.2) is 0 Å². The Labute approximate surface area is 169 Å². The van der Waals surface area contributed by atoms with Gasteiger partial charge < -0.3 is 15.0 Å². The number of nitrogens with zero attached hydrogens (tertiary/aromatic N) is 3. The molecule has 7 nitrogen and oxygen atoms in total. The molecule has 8 heteroatoms. The van der Waals surface area contributed by atoms with E-state index in [-0.39, 0.29) is 23.6 Å². The molecule has 28 heavy (non-hydrogen) atoms. The lowest BCUT2D eigenvalue weighted by atomic mass is 9.97. The van der Waals surface area contributed by atoms with Crippen molar-refractivity contribution in [1.29, 1.82) is 0 Å². The molecule has 3 rings (SSSR count). The summed E-state index contributed by atoms with van der Waals surface area (Å²) in [5.41, 5.74) is 0.537. The van der Waals surface area contributed by atoms with Gasteiger partial charge in [0.05, 0.1) is 7.11 Å². The first-order chi connectivity index (χ1) is 13.4. The van der Waals surface area contributed by atoms with E-state index in [0.717, 1.165) is 30.8 Å². The van der Waals surface area contributed by atoms with E-state index in [4.69, 9.17) is 4.74 Å². The van der Waals surface area contributed by atoms with Crippen LogP contribution < -0.4 is 10.1 Å². The van der Waals surface area contributed by atoms with Gasteiger partial charge in [0.25, 0.3) is 5.91 Å². The molecule has 0 spiro atoms. The van der Waals surface area contributed by atoms with Crippen molar-refractivity contribution in [2.75, 3.05) is 7.11 Å². The number of ether oxygens (including phenoxy) is 1. The maximum Gasteiger partial charge on any atom is 0.276 e. The third-order valence-corrected chi connectivity index (χ3v) is 5.56. The standard InChI is InChI=1S/C20H26N4O3S/c1-5-20(2,3)21-18(25)17(14-8-6-7-9-16(14)27-4)24(13-10-11-13)19(26)15-12-28-23-22-15/h6-9,12-13,17H,5,10-11H2,1-4H3,(H,21,25)/t17-/m1/s1. The number of carbonyl (C=O) groups excluding carboxylic acids is 2. The molecule has 1 aromatic carbocycles. The highest BCUT2D eigenvalue weighted by atomic mass is 32.1. The number of rotatable bonds is 8. The van der Waals surface area contributed by atoms with Crippen LogP contribution in [0.4, 0.5) is 0 Å². The topological polar surface area (TPSA) is 84.4 Å². The number of para-hydroxylation sites is 1. The number of methoxy groups -OCH3 is 1. The van der Waals surface area contributed by atoms with Crippen LogP contribution in [0.25, 0.3) is 0 Å². The van der Waals surface area contributed by atoms with Crippen molar-refractivity contribution in [3.63, 3.8) is 0 Å². The molecule has 0 saturated heterocycles. The molecule has 0 aliphatic heterocycles. The van der Waals surface area contributed by atoms with E-state index in [2.05, 4.69) is 14.9 Å². The monoisotopic (exact) mass is 402 g/mol. The highest BCUT2D eigenvalue weighted by molar-refractivity contribution is 7.03. The zero-order chi connectivity index (χ0) is 20.3. The number of benzene rings is 1. The summed E-state index contributed by atoms with van der Waals surface area (Å²) in [6.45, 7) is 5.96. The minimum atomic E-state index is -0.802. The van der Waals surface area contributed by atoms with Crippen molar-refractivity contribution in [2.45, 2.75) is 57.7 Å². The smallest absolute Gasteiger partial charge is 0.276 e. The van der Waals surface area contributed by atoms with Crippen LogP contribution in [0.5, 0.6) is 5.75 Å². The van der Waals surface area contributed by atoms with Crippen LogP contribution in [-0.2, 0) is 4.79 Å². The van der Waals surface area contributed by atoms with E-state index < -0.39 is 11.6 Å². The highest BCUT2D eigenvalue weighted by Crippen LogP contribution is 2.39. The van der Waals surface area contributed by atoms with Crippen molar-refractivity contribution >= 4 is 23.3 Å². The van der Waals surface area contributed by atoms with Gasteiger partial charge in [-0.15, -0.1) is 5.10 Å². The lowest BCUT2D eigenvalue weighted by Gasteiger charge is -2.34. The van der Waals surface area contributed by atoms with Crippen LogP contribution in [0, 0.1) is 0 Å². The van der Waals surface area contributed by atoms with Gasteiger partial charge in [-0.3, -0.25) is 9.59 Å². The molecular weight excluding hydrogens is 376 g/mol. The van der Waals surface area contributed by atoms with Crippen molar-refractivity contribution in [1.82, 2.24) is 19.8 Å². The molecule has 150 valence electrons. The number of hydrogen-bond acceptors (Lipinski definition) is 6. The average molecular weight is 403 g/mol. The SMILES string of the molecule is CCC(C)(C)NC(=O)[C@@H](c1ccccc1OC)N(C(=O)c1csnn1)C1CC1. The Bertz CT molecular complexity index is 834. The van der Waals surface area contributed by atoms with Gasteiger partial charge in [-0.1, -0.05) is 29.6 Å². The van der Waals surface area contributed by atoms with Gasteiger partial charge in [0.1, 0.15) is 11.8 Å². The zero-order valence-electron chi connectivity index (χ0n) is 16.6. The molecule has 1 N–H and O–H groups in total. The van der Waals surface area contributed by atoms with Gasteiger partial charge in [0.15, 0.2) is 5.69 Å². The number of amides is 2. The maximum absolute atomic E-state index is 13.4. The predicted molar refractivity (Wildman–Crippen MR) is 107 cm³/mol. The molecule has 0 bridgehead atoms. The van der Waals surface area contributed by atoms with E-state index in [1.165, 1.54) is 0 Å². The van der Waals surface area contributed by atoms with Gasteiger partial charge >= 0.3 is 0 Å². The zero-order valence-corrected chi connectivity index (χ0v) is 17.5. The summed E-state index contributed by atoms with van der Waals surface area (Å²) in [6.07, 6.45) is 2.49. The molecule has 1 aliphatic carbocycles. The second kappa shape index (κ2) is 8.26. The fraction of sp³-hybridized carbons (Fsp3) is 0.500. The van der Waals surface area contributed by atoms with Crippen LogP contribution in [0.1, 0.15) is 62.1 Å². The van der Waals surface area contributed by atoms with E-state index >= 15 is 0 Å². The van der Waals surface area contributed by atoms with Gasteiger partial charge in [0, 0.05) is 22.5 Å². The molecule has 0 unspecified atom stereocenters. The first-order valence-corrected chi connectivity index (χ1v) is 10.3. The third-order valence-electron chi connectivity index (χ3n) is 5.06. The highest BCUT2D eigenvalue weighted by Gasteiger charge is 2.44. The first-order valence-electron chi connectivity index (χ1n) is 9.42. The average Bonchev–Trinajstić information content (AvgIpc) is 3.37. The summed E-state index contributed by atoms with van der Waals surface area (Å²) >= 11 is 1.12. The summed E-state index contributed by atoms with van der Waals surface area (Å²) in [7, 11) is 1.57. The van der Waals surface area contributed by atoms with E-state index in [1.807, 2.05) is 39.0 Å². The Morgan fingerprint density at radius 1 is 1.36 bits per heavy atom. The van der Waals surface area contributed by atoms with Crippen molar-refractivity contribution in [3.05, 3.63) is 40.9 Å². The van der Waals surface area contributed by atoms with Crippen LogP contribution in [0.2, 0.25) is 0 Å². The fourth-order valence-electron chi connectivity index (χ4n) is 3.04. The fourth-order valence-corrected chi connectivity index (χ4v) is 3.47. The number of hydrogen-bond donors (Lipinski definition) is 1. The molecule has 2 amide bonds. The summed E-state index contributed by atoms with van der Waals surface area (Å²) in [4.78, 5) is 28.3. The molecule has 1 fully saturated rings. The van der Waals surface area contributed by atoms with Gasteiger partial charge in [-0.05, 0) is 50.7 Å². The minimum Gasteiger partial charge on any atom is -0.496 e. The number of carbonyl (C=O) groups is 2. The second-order valence-corrected chi connectivity index (χ2v) is 8.21. The van der Waals surface area contributed by atoms with Crippen LogP contribution in [-0.4, -0.2) is 45.0 Å². The molecule has 1 saturated carbocycles. The third kappa shape index (κ3) is 4.32. The largest absolute Gasteiger partial charge is 0.496 e.